The van der Waals surface area contributed by atoms with Crippen LogP contribution in [0.1, 0.15) is 35.3 Å². The van der Waals surface area contributed by atoms with Crippen LogP contribution in [-0.2, 0) is 11.3 Å². The lowest BCUT2D eigenvalue weighted by Crippen LogP contribution is -2.49. The molecule has 0 N–H and O–H groups in total. The molecule has 2 aromatic rings. The number of nitrogens with zero attached hydrogens (tertiary/aromatic N) is 5. The van der Waals surface area contributed by atoms with Crippen molar-refractivity contribution in [3.63, 3.8) is 0 Å². The van der Waals surface area contributed by atoms with E-state index in [1.165, 1.54) is 11.5 Å². The van der Waals surface area contributed by atoms with Crippen molar-refractivity contribution in [1.82, 2.24) is 24.4 Å². The van der Waals surface area contributed by atoms with Crippen molar-refractivity contribution in [3.05, 3.63) is 41.2 Å². The van der Waals surface area contributed by atoms with Crippen molar-refractivity contribution in [2.24, 2.45) is 5.41 Å². The van der Waals surface area contributed by atoms with Gasteiger partial charge in [-0.3, -0.25) is 14.6 Å². The molecular weight excluding hydrogens is 338 g/mol. The fourth-order valence-electron chi connectivity index (χ4n) is 3.86. The van der Waals surface area contributed by atoms with Crippen molar-refractivity contribution in [2.45, 2.75) is 25.8 Å². The van der Waals surface area contributed by atoms with E-state index in [0.29, 0.717) is 25.3 Å². The Labute approximate surface area is 149 Å². The van der Waals surface area contributed by atoms with Crippen LogP contribution in [0.15, 0.2) is 29.9 Å². The monoisotopic (exact) mass is 357 g/mol. The third kappa shape index (κ3) is 3.02. The average Bonchev–Trinajstić information content (AvgIpc) is 3.28. The van der Waals surface area contributed by atoms with Gasteiger partial charge in [0.1, 0.15) is 0 Å². The highest BCUT2D eigenvalue weighted by molar-refractivity contribution is 7.03. The summed E-state index contributed by atoms with van der Waals surface area (Å²) < 4.78 is 3.76. The van der Waals surface area contributed by atoms with Gasteiger partial charge in [0, 0.05) is 44.0 Å². The molecule has 4 rings (SSSR count). The first-order valence-electron chi connectivity index (χ1n) is 8.43. The fraction of sp³-hybridized carbons (Fsp3) is 0.471. The number of aromatic nitrogens is 3. The van der Waals surface area contributed by atoms with Gasteiger partial charge in [0.15, 0.2) is 5.69 Å². The molecule has 1 atom stereocenters. The Kier molecular flexibility index (Phi) is 4.20. The van der Waals surface area contributed by atoms with E-state index >= 15 is 0 Å². The Morgan fingerprint density at radius 2 is 2.24 bits per heavy atom. The van der Waals surface area contributed by atoms with Gasteiger partial charge < -0.3 is 9.80 Å². The average molecular weight is 357 g/mol. The second-order valence-electron chi connectivity index (χ2n) is 6.74. The molecule has 8 heteroatoms. The lowest BCUT2D eigenvalue weighted by molar-refractivity contribution is -0.138. The highest BCUT2D eigenvalue weighted by atomic mass is 32.1. The molecular formula is C17H19N5O2S. The summed E-state index contributed by atoms with van der Waals surface area (Å²) in [4.78, 5) is 33.4. The minimum atomic E-state index is -0.445. The zero-order chi connectivity index (χ0) is 17.3. The molecule has 0 aliphatic carbocycles. The number of pyridine rings is 1. The molecule has 2 fully saturated rings. The number of piperidine rings is 1. The van der Waals surface area contributed by atoms with Gasteiger partial charge in [0.25, 0.3) is 5.91 Å². The maximum atomic E-state index is 13.1. The molecule has 25 heavy (non-hydrogen) atoms. The molecule has 1 spiro atoms. The molecule has 0 radical (unpaired) electrons. The Morgan fingerprint density at radius 1 is 1.32 bits per heavy atom. The van der Waals surface area contributed by atoms with E-state index in [-0.39, 0.29) is 11.8 Å². The molecule has 7 nitrogen and oxygen atoms in total. The van der Waals surface area contributed by atoms with E-state index in [1.54, 1.807) is 22.7 Å². The maximum Gasteiger partial charge on any atom is 0.275 e. The predicted octanol–water partition coefficient (Wildman–Crippen LogP) is 1.59. The Morgan fingerprint density at radius 3 is 3.00 bits per heavy atom. The number of carbonyl (C=O) groups excluding carboxylic acids is 2. The number of likely N-dealkylation sites (tertiary alicyclic amines) is 2. The van der Waals surface area contributed by atoms with Crippen molar-refractivity contribution in [1.29, 1.82) is 0 Å². The minimum Gasteiger partial charge on any atom is -0.338 e. The number of hydrogen-bond acceptors (Lipinski definition) is 6. The van der Waals surface area contributed by atoms with Crippen LogP contribution in [0.3, 0.4) is 0 Å². The van der Waals surface area contributed by atoms with Gasteiger partial charge in [0.2, 0.25) is 5.91 Å². The first kappa shape index (κ1) is 16.1. The largest absolute Gasteiger partial charge is 0.338 e. The van der Waals surface area contributed by atoms with Gasteiger partial charge in [0.05, 0.1) is 5.41 Å². The second-order valence-corrected chi connectivity index (χ2v) is 7.35. The van der Waals surface area contributed by atoms with E-state index in [2.05, 4.69) is 14.6 Å². The normalized spacial score (nSPS) is 23.4. The van der Waals surface area contributed by atoms with Crippen LogP contribution in [0.5, 0.6) is 0 Å². The first-order chi connectivity index (χ1) is 12.2. The van der Waals surface area contributed by atoms with Gasteiger partial charge in [-0.2, -0.15) is 0 Å². The summed E-state index contributed by atoms with van der Waals surface area (Å²) in [6.45, 7) is 2.46. The molecule has 2 aromatic heterocycles. The molecule has 1 unspecified atom stereocenters. The van der Waals surface area contributed by atoms with Crippen LogP contribution in [0.2, 0.25) is 0 Å². The number of hydrogen-bond donors (Lipinski definition) is 0. The third-order valence-electron chi connectivity index (χ3n) is 5.14. The molecule has 0 saturated carbocycles. The molecule has 2 aliphatic rings. The molecule has 2 saturated heterocycles. The summed E-state index contributed by atoms with van der Waals surface area (Å²) in [5, 5.41) is 5.53. The first-order valence-corrected chi connectivity index (χ1v) is 9.26. The summed E-state index contributed by atoms with van der Waals surface area (Å²) in [7, 11) is 0. The zero-order valence-corrected chi connectivity index (χ0v) is 14.6. The molecule has 0 bridgehead atoms. The van der Waals surface area contributed by atoms with Crippen LogP contribution in [0, 0.1) is 5.41 Å². The molecule has 0 aromatic carbocycles. The van der Waals surface area contributed by atoms with E-state index in [1.807, 2.05) is 17.0 Å². The van der Waals surface area contributed by atoms with Gasteiger partial charge in [-0.25, -0.2) is 0 Å². The van der Waals surface area contributed by atoms with Crippen molar-refractivity contribution >= 4 is 23.3 Å². The number of carbonyl (C=O) groups is 2. The van der Waals surface area contributed by atoms with E-state index in [0.717, 1.165) is 31.4 Å². The van der Waals surface area contributed by atoms with E-state index in [9.17, 15) is 9.59 Å². The third-order valence-corrected chi connectivity index (χ3v) is 5.65. The fourth-order valence-corrected chi connectivity index (χ4v) is 4.29. The topological polar surface area (TPSA) is 79.3 Å². The standard InChI is InChI=1S/C17H19N5O2S/c23-15(14-11-25-20-19-14)22-7-2-4-17(12-22)5-8-21(16(17)24)10-13-3-1-6-18-9-13/h1,3,6,9,11H,2,4-5,7-8,10,12H2. The highest BCUT2D eigenvalue weighted by Crippen LogP contribution is 2.40. The van der Waals surface area contributed by atoms with Crippen LogP contribution >= 0.6 is 11.5 Å². The summed E-state index contributed by atoms with van der Waals surface area (Å²) in [5.74, 6) is 0.0385. The number of rotatable bonds is 3. The Balaban J connectivity index is 1.48. The van der Waals surface area contributed by atoms with Crippen LogP contribution in [0.25, 0.3) is 0 Å². The van der Waals surface area contributed by atoms with Gasteiger partial charge in [-0.15, -0.1) is 5.10 Å². The Hall–Kier alpha value is -2.35. The molecule has 2 amide bonds. The van der Waals surface area contributed by atoms with E-state index < -0.39 is 5.41 Å². The molecule has 130 valence electrons. The summed E-state index contributed by atoms with van der Waals surface area (Å²) in [6, 6.07) is 3.87. The van der Waals surface area contributed by atoms with E-state index in [4.69, 9.17) is 0 Å². The lowest BCUT2D eigenvalue weighted by Gasteiger charge is -2.38. The van der Waals surface area contributed by atoms with Crippen LogP contribution < -0.4 is 0 Å². The highest BCUT2D eigenvalue weighted by Gasteiger charge is 2.49. The zero-order valence-electron chi connectivity index (χ0n) is 13.8. The van der Waals surface area contributed by atoms with Crippen molar-refractivity contribution in [3.8, 4) is 0 Å². The van der Waals surface area contributed by atoms with Gasteiger partial charge in [-0.05, 0) is 42.4 Å². The Bertz CT molecular complexity index is 767. The number of amides is 2. The van der Waals surface area contributed by atoms with Crippen molar-refractivity contribution < 1.29 is 9.59 Å². The quantitative estimate of drug-likeness (QED) is 0.833. The van der Waals surface area contributed by atoms with Gasteiger partial charge in [-0.1, -0.05) is 10.6 Å². The maximum absolute atomic E-state index is 13.1. The van der Waals surface area contributed by atoms with Crippen LogP contribution in [0.4, 0.5) is 0 Å². The van der Waals surface area contributed by atoms with Crippen molar-refractivity contribution in [2.75, 3.05) is 19.6 Å². The molecule has 4 heterocycles. The summed E-state index contributed by atoms with van der Waals surface area (Å²) in [5.41, 5.74) is 0.962. The lowest BCUT2D eigenvalue weighted by atomic mass is 9.78. The molecule has 2 aliphatic heterocycles. The minimum absolute atomic E-state index is 0.119. The summed E-state index contributed by atoms with van der Waals surface area (Å²) in [6.07, 6.45) is 6.01. The predicted molar refractivity (Wildman–Crippen MR) is 91.8 cm³/mol. The smallest absolute Gasteiger partial charge is 0.275 e. The second kappa shape index (κ2) is 6.51. The SMILES string of the molecule is O=C(c1csnn1)N1CCCC2(CCN(Cc3cccnc3)C2=O)C1. The summed E-state index contributed by atoms with van der Waals surface area (Å²) >= 11 is 1.17. The van der Waals surface area contributed by atoms with Gasteiger partial charge >= 0.3 is 0 Å². The van der Waals surface area contributed by atoms with Crippen LogP contribution in [-0.4, -0.2) is 55.8 Å².